The van der Waals surface area contributed by atoms with E-state index in [4.69, 9.17) is 23.2 Å². The topological polar surface area (TPSA) is 12.0 Å². The fraction of sp³-hybridized carbons (Fsp3) is 0.294. The molecule has 106 valence electrons. The third-order valence-corrected chi connectivity index (χ3v) is 4.18. The van der Waals surface area contributed by atoms with Crippen LogP contribution in [0.2, 0.25) is 10.0 Å². The molecule has 0 aliphatic carbocycles. The Bertz CT molecular complexity index is 608. The van der Waals surface area contributed by atoms with Gasteiger partial charge in [0.2, 0.25) is 0 Å². The van der Waals surface area contributed by atoms with Crippen molar-refractivity contribution in [2.75, 3.05) is 7.05 Å². The van der Waals surface area contributed by atoms with Crippen LogP contribution in [0.15, 0.2) is 36.4 Å². The molecule has 0 fully saturated rings. The molecule has 0 bridgehead atoms. The Morgan fingerprint density at radius 2 is 1.80 bits per heavy atom. The van der Waals surface area contributed by atoms with Crippen LogP contribution in [0.4, 0.5) is 0 Å². The maximum absolute atomic E-state index is 6.28. The average Bonchev–Trinajstić information content (AvgIpc) is 2.41. The first kappa shape index (κ1) is 15.4. The first-order valence-electron chi connectivity index (χ1n) is 6.69. The highest BCUT2D eigenvalue weighted by atomic mass is 35.5. The van der Waals surface area contributed by atoms with E-state index in [9.17, 15) is 0 Å². The molecule has 0 saturated carbocycles. The van der Waals surface area contributed by atoms with Crippen molar-refractivity contribution in [1.82, 2.24) is 5.32 Å². The highest BCUT2D eigenvalue weighted by Crippen LogP contribution is 2.27. The summed E-state index contributed by atoms with van der Waals surface area (Å²) in [5.41, 5.74) is 4.99. The van der Waals surface area contributed by atoms with E-state index in [2.05, 4.69) is 37.4 Å². The zero-order chi connectivity index (χ0) is 14.7. The number of rotatable bonds is 4. The summed E-state index contributed by atoms with van der Waals surface area (Å²) in [6.45, 7) is 4.26. The summed E-state index contributed by atoms with van der Waals surface area (Å²) in [6.07, 6.45) is 0.844. The molecule has 1 N–H and O–H groups in total. The van der Waals surface area contributed by atoms with E-state index in [1.54, 1.807) is 6.07 Å². The molecule has 2 aromatic carbocycles. The molecule has 1 atom stereocenters. The molecule has 0 saturated heterocycles. The largest absolute Gasteiger partial charge is 0.313 e. The van der Waals surface area contributed by atoms with Gasteiger partial charge in [-0.1, -0.05) is 53.0 Å². The van der Waals surface area contributed by atoms with Crippen LogP contribution in [-0.2, 0) is 6.42 Å². The van der Waals surface area contributed by atoms with E-state index >= 15 is 0 Å². The van der Waals surface area contributed by atoms with Crippen LogP contribution in [0.1, 0.15) is 28.3 Å². The van der Waals surface area contributed by atoms with Gasteiger partial charge in [-0.25, -0.2) is 0 Å². The Morgan fingerprint density at radius 3 is 2.45 bits per heavy atom. The minimum Gasteiger partial charge on any atom is -0.313 e. The number of likely N-dealkylation sites (N-methyl/N-ethyl adjacent to an activating group) is 1. The molecular weight excluding hydrogens is 289 g/mol. The van der Waals surface area contributed by atoms with Crippen molar-refractivity contribution in [3.05, 3.63) is 68.7 Å². The minimum atomic E-state index is 0.244. The van der Waals surface area contributed by atoms with Gasteiger partial charge in [-0.05, 0) is 56.1 Å². The summed E-state index contributed by atoms with van der Waals surface area (Å²) in [5, 5.41) is 4.78. The van der Waals surface area contributed by atoms with Crippen molar-refractivity contribution >= 4 is 23.2 Å². The van der Waals surface area contributed by atoms with Gasteiger partial charge in [0.15, 0.2) is 0 Å². The molecule has 0 aromatic heterocycles. The standard InChI is InChI=1S/C17H19Cl2N/c1-11-4-5-12(2)15(8-11)17(20-3)9-13-6-7-14(18)10-16(13)19/h4-8,10,17,20H,9H2,1-3H3. The molecule has 2 aromatic rings. The van der Waals surface area contributed by atoms with Crippen molar-refractivity contribution in [2.45, 2.75) is 26.3 Å². The van der Waals surface area contributed by atoms with E-state index in [1.165, 1.54) is 16.7 Å². The lowest BCUT2D eigenvalue weighted by molar-refractivity contribution is 0.588. The molecule has 0 heterocycles. The van der Waals surface area contributed by atoms with Gasteiger partial charge in [-0.3, -0.25) is 0 Å². The smallest absolute Gasteiger partial charge is 0.0453 e. The van der Waals surface area contributed by atoms with Gasteiger partial charge in [0.05, 0.1) is 0 Å². The molecule has 0 spiro atoms. The Kier molecular flexibility index (Phi) is 5.09. The number of nitrogens with one attached hydrogen (secondary N) is 1. The fourth-order valence-electron chi connectivity index (χ4n) is 2.41. The maximum atomic E-state index is 6.28. The van der Waals surface area contributed by atoms with Gasteiger partial charge >= 0.3 is 0 Å². The molecule has 20 heavy (non-hydrogen) atoms. The van der Waals surface area contributed by atoms with E-state index in [0.29, 0.717) is 5.02 Å². The molecule has 3 heteroatoms. The van der Waals surface area contributed by atoms with Crippen LogP contribution in [-0.4, -0.2) is 7.05 Å². The van der Waals surface area contributed by atoms with Crippen LogP contribution in [0.5, 0.6) is 0 Å². The third kappa shape index (κ3) is 3.54. The molecule has 1 nitrogen and oxygen atoms in total. The lowest BCUT2D eigenvalue weighted by atomic mass is 9.94. The predicted octanol–water partition coefficient (Wildman–Crippen LogP) is 5.11. The Labute approximate surface area is 130 Å². The highest BCUT2D eigenvalue weighted by molar-refractivity contribution is 6.35. The van der Waals surface area contributed by atoms with Gasteiger partial charge in [0.1, 0.15) is 0 Å². The van der Waals surface area contributed by atoms with Crippen molar-refractivity contribution in [3.63, 3.8) is 0 Å². The van der Waals surface area contributed by atoms with E-state index in [0.717, 1.165) is 17.0 Å². The first-order chi connectivity index (χ1) is 9.51. The van der Waals surface area contributed by atoms with Crippen molar-refractivity contribution in [2.24, 2.45) is 0 Å². The summed E-state index contributed by atoms with van der Waals surface area (Å²) in [4.78, 5) is 0. The molecule has 0 amide bonds. The molecular formula is C17H19Cl2N. The first-order valence-corrected chi connectivity index (χ1v) is 7.45. The second-order valence-electron chi connectivity index (χ2n) is 5.14. The molecule has 0 aliphatic rings. The fourth-order valence-corrected chi connectivity index (χ4v) is 2.90. The lowest BCUT2D eigenvalue weighted by Crippen LogP contribution is -2.20. The monoisotopic (exact) mass is 307 g/mol. The van der Waals surface area contributed by atoms with Gasteiger partial charge in [0.25, 0.3) is 0 Å². The zero-order valence-electron chi connectivity index (χ0n) is 12.0. The summed E-state index contributed by atoms with van der Waals surface area (Å²) < 4.78 is 0. The Hall–Kier alpha value is -1.02. The van der Waals surface area contributed by atoms with Crippen LogP contribution >= 0.6 is 23.2 Å². The number of benzene rings is 2. The maximum Gasteiger partial charge on any atom is 0.0453 e. The second kappa shape index (κ2) is 6.62. The molecule has 0 radical (unpaired) electrons. The van der Waals surface area contributed by atoms with Crippen molar-refractivity contribution in [1.29, 1.82) is 0 Å². The highest BCUT2D eigenvalue weighted by Gasteiger charge is 2.14. The van der Waals surface area contributed by atoms with Crippen LogP contribution in [0.25, 0.3) is 0 Å². The minimum absolute atomic E-state index is 0.244. The van der Waals surface area contributed by atoms with Gasteiger partial charge in [-0.2, -0.15) is 0 Å². The molecule has 1 unspecified atom stereocenters. The van der Waals surface area contributed by atoms with E-state index in [-0.39, 0.29) is 6.04 Å². The van der Waals surface area contributed by atoms with Gasteiger partial charge in [-0.15, -0.1) is 0 Å². The van der Waals surface area contributed by atoms with Crippen molar-refractivity contribution < 1.29 is 0 Å². The quantitative estimate of drug-likeness (QED) is 0.827. The molecule has 0 aliphatic heterocycles. The number of halogens is 2. The summed E-state index contributed by atoms with van der Waals surface area (Å²) in [6, 6.07) is 12.5. The number of aryl methyl sites for hydroxylation is 2. The van der Waals surface area contributed by atoms with Gasteiger partial charge < -0.3 is 5.32 Å². The summed E-state index contributed by atoms with van der Waals surface area (Å²) in [7, 11) is 1.98. The summed E-state index contributed by atoms with van der Waals surface area (Å²) in [5.74, 6) is 0. The SMILES string of the molecule is CNC(Cc1ccc(Cl)cc1Cl)c1cc(C)ccc1C. The molecule has 2 rings (SSSR count). The Balaban J connectivity index is 2.31. The predicted molar refractivity (Wildman–Crippen MR) is 87.9 cm³/mol. The van der Waals surface area contributed by atoms with E-state index in [1.807, 2.05) is 19.2 Å². The van der Waals surface area contributed by atoms with Crippen LogP contribution in [0, 0.1) is 13.8 Å². The number of hydrogen-bond acceptors (Lipinski definition) is 1. The third-order valence-electron chi connectivity index (χ3n) is 3.60. The zero-order valence-corrected chi connectivity index (χ0v) is 13.5. The van der Waals surface area contributed by atoms with Crippen LogP contribution in [0.3, 0.4) is 0 Å². The second-order valence-corrected chi connectivity index (χ2v) is 5.98. The Morgan fingerprint density at radius 1 is 1.05 bits per heavy atom. The number of hydrogen-bond donors (Lipinski definition) is 1. The normalized spacial score (nSPS) is 12.4. The van der Waals surface area contributed by atoms with Gasteiger partial charge in [0, 0.05) is 16.1 Å². The van der Waals surface area contributed by atoms with E-state index < -0.39 is 0 Å². The van der Waals surface area contributed by atoms with Crippen molar-refractivity contribution in [3.8, 4) is 0 Å². The lowest BCUT2D eigenvalue weighted by Gasteiger charge is -2.20. The van der Waals surface area contributed by atoms with Crippen LogP contribution < -0.4 is 5.32 Å². The average molecular weight is 308 g/mol. The summed E-state index contributed by atoms with van der Waals surface area (Å²) >= 11 is 12.2.